The normalized spacial score (nSPS) is 21.2. The van der Waals surface area contributed by atoms with Gasteiger partial charge in [0.25, 0.3) is 5.56 Å². The number of rotatable bonds is 4. The number of aromatic amines is 1. The Morgan fingerprint density at radius 3 is 2.79 bits per heavy atom. The monoisotopic (exact) mass is 553 g/mol. The van der Waals surface area contributed by atoms with Crippen molar-refractivity contribution >= 4 is 45.4 Å². The number of fused-ring (bicyclic) bond motifs is 4. The van der Waals surface area contributed by atoms with Crippen molar-refractivity contribution in [3.63, 3.8) is 0 Å². The van der Waals surface area contributed by atoms with Crippen molar-refractivity contribution in [3.05, 3.63) is 98.4 Å². The maximum Gasteiger partial charge on any atom is 0.251 e. The van der Waals surface area contributed by atoms with Crippen LogP contribution in [0.2, 0.25) is 10.2 Å². The molecule has 1 N–H and O–H groups in total. The van der Waals surface area contributed by atoms with Crippen molar-refractivity contribution in [1.29, 1.82) is 0 Å². The molecule has 3 aliphatic rings. The molecule has 8 nitrogen and oxygen atoms in total. The van der Waals surface area contributed by atoms with Crippen molar-refractivity contribution in [2.45, 2.75) is 31.7 Å². The molecule has 0 bridgehead atoms. The summed E-state index contributed by atoms with van der Waals surface area (Å²) in [5.74, 6) is 0.741. The Bertz CT molecular complexity index is 1960. The van der Waals surface area contributed by atoms with Crippen LogP contribution in [0.15, 0.2) is 70.7 Å². The average Bonchev–Trinajstić information content (AvgIpc) is 3.28. The molecule has 5 aromatic rings. The lowest BCUT2D eigenvalue weighted by molar-refractivity contribution is 0.584. The van der Waals surface area contributed by atoms with Gasteiger partial charge in [-0.3, -0.25) is 14.9 Å². The minimum absolute atomic E-state index is 0.0235. The summed E-state index contributed by atoms with van der Waals surface area (Å²) in [6.07, 6.45) is 5.37. The smallest absolute Gasteiger partial charge is 0.251 e. The predicted molar refractivity (Wildman–Crippen MR) is 152 cm³/mol. The average molecular weight is 554 g/mol. The van der Waals surface area contributed by atoms with Crippen LogP contribution in [0.3, 0.4) is 0 Å². The summed E-state index contributed by atoms with van der Waals surface area (Å²) >= 11 is 12.4. The van der Waals surface area contributed by atoms with Crippen LogP contribution in [0, 0.1) is 12.8 Å². The largest absolute Gasteiger partial charge is 0.303 e. The van der Waals surface area contributed by atoms with Gasteiger partial charge in [0.2, 0.25) is 0 Å². The molecule has 1 fully saturated rings. The molecule has 2 aliphatic heterocycles. The Hall–Kier alpha value is -4.01. The van der Waals surface area contributed by atoms with Gasteiger partial charge in [-0.15, -0.1) is 5.10 Å². The molecule has 1 aliphatic carbocycles. The molecular formula is C29H21Cl2N7O. The maximum atomic E-state index is 13.7. The standard InChI is InChI=1S/C29H21Cl2N7O/c1-14-19-4-2-15(6-23(19)34-33-14)17-7-24(32-12-17)29-22-11-21(22)26-8-16(9-28(39)38(26)29)20-10-18(30)3-5-25(20)37-13-27(31)35-36-37/h2-6,8-10,12-13,21-22,29H,7,11H2,1H3,(H,33,34). The van der Waals surface area contributed by atoms with Crippen LogP contribution in [0.25, 0.3) is 33.3 Å². The molecule has 3 aromatic heterocycles. The van der Waals surface area contributed by atoms with Crippen molar-refractivity contribution in [2.24, 2.45) is 10.9 Å². The highest BCUT2D eigenvalue weighted by Gasteiger charge is 2.54. The van der Waals surface area contributed by atoms with Gasteiger partial charge in [-0.2, -0.15) is 5.10 Å². The molecular weight excluding hydrogens is 533 g/mol. The van der Waals surface area contributed by atoms with E-state index < -0.39 is 0 Å². The van der Waals surface area contributed by atoms with Crippen LogP contribution in [0.1, 0.15) is 41.8 Å². The Morgan fingerprint density at radius 2 is 1.95 bits per heavy atom. The van der Waals surface area contributed by atoms with Crippen LogP contribution in [0.4, 0.5) is 0 Å². The lowest BCUT2D eigenvalue weighted by Crippen LogP contribution is -2.29. The first kappa shape index (κ1) is 22.9. The fourth-order valence-corrected chi connectivity index (χ4v) is 6.58. The number of allylic oxidation sites excluding steroid dienone is 1. The molecule has 39 heavy (non-hydrogen) atoms. The zero-order valence-corrected chi connectivity index (χ0v) is 22.3. The highest BCUT2D eigenvalue weighted by atomic mass is 35.5. The van der Waals surface area contributed by atoms with E-state index in [0.717, 1.165) is 68.8 Å². The van der Waals surface area contributed by atoms with Crippen LogP contribution in [-0.4, -0.2) is 35.5 Å². The number of benzene rings is 2. The minimum Gasteiger partial charge on any atom is -0.303 e. The molecule has 2 aromatic carbocycles. The highest BCUT2D eigenvalue weighted by Crippen LogP contribution is 2.60. The van der Waals surface area contributed by atoms with Crippen LogP contribution < -0.4 is 5.56 Å². The van der Waals surface area contributed by atoms with Gasteiger partial charge in [0.05, 0.1) is 23.4 Å². The summed E-state index contributed by atoms with van der Waals surface area (Å²) in [4.78, 5) is 18.5. The summed E-state index contributed by atoms with van der Waals surface area (Å²) in [5, 5.41) is 17.5. The quantitative estimate of drug-likeness (QED) is 0.289. The number of aromatic nitrogens is 6. The van der Waals surface area contributed by atoms with E-state index in [0.29, 0.717) is 22.0 Å². The van der Waals surface area contributed by atoms with E-state index >= 15 is 0 Å². The van der Waals surface area contributed by atoms with Crippen molar-refractivity contribution in [1.82, 2.24) is 29.8 Å². The molecule has 1 saturated carbocycles. The van der Waals surface area contributed by atoms with E-state index in [1.165, 1.54) is 0 Å². The molecule has 10 heteroatoms. The first-order valence-electron chi connectivity index (χ1n) is 12.8. The lowest BCUT2D eigenvalue weighted by Gasteiger charge is -2.20. The second kappa shape index (κ2) is 8.24. The Labute approximate surface area is 232 Å². The van der Waals surface area contributed by atoms with Gasteiger partial charge in [0, 0.05) is 57.7 Å². The Balaban J connectivity index is 1.14. The molecule has 8 rings (SSSR count). The fourth-order valence-electron chi connectivity index (χ4n) is 6.28. The maximum absolute atomic E-state index is 13.7. The van der Waals surface area contributed by atoms with Crippen molar-refractivity contribution in [3.8, 4) is 16.8 Å². The number of H-pyrrole nitrogens is 1. The first-order chi connectivity index (χ1) is 18.9. The van der Waals surface area contributed by atoms with Crippen molar-refractivity contribution < 1.29 is 0 Å². The molecule has 3 atom stereocenters. The molecule has 192 valence electrons. The third-order valence-corrected chi connectivity index (χ3v) is 8.61. The van der Waals surface area contributed by atoms with Gasteiger partial charge in [-0.25, -0.2) is 4.68 Å². The van der Waals surface area contributed by atoms with Gasteiger partial charge in [-0.05, 0) is 66.3 Å². The van der Waals surface area contributed by atoms with Crippen LogP contribution >= 0.6 is 23.2 Å². The summed E-state index contributed by atoms with van der Waals surface area (Å²) in [7, 11) is 0. The van der Waals surface area contributed by atoms with E-state index in [-0.39, 0.29) is 11.6 Å². The third-order valence-electron chi connectivity index (χ3n) is 8.20. The fraction of sp³-hybridized carbons (Fsp3) is 0.207. The SMILES string of the molecule is Cc1[nH]nc2cc(C3=CN=C(C4C5CC5c5cc(-c6cc(Cl)ccc6-n6cc(Cl)nn6)cc(=O)n54)C3)ccc12. The second-order valence-corrected chi connectivity index (χ2v) is 11.3. The van der Waals surface area contributed by atoms with Gasteiger partial charge in [-0.1, -0.05) is 40.5 Å². The topological polar surface area (TPSA) is 93.8 Å². The number of aryl methyl sites for hydroxylation is 1. The van der Waals surface area contributed by atoms with E-state index in [9.17, 15) is 4.79 Å². The molecule has 0 spiro atoms. The van der Waals surface area contributed by atoms with E-state index in [1.807, 2.05) is 29.8 Å². The number of halogens is 2. The van der Waals surface area contributed by atoms with Crippen molar-refractivity contribution in [2.75, 3.05) is 0 Å². The molecule has 3 unspecified atom stereocenters. The van der Waals surface area contributed by atoms with Gasteiger partial charge in [0.15, 0.2) is 5.15 Å². The van der Waals surface area contributed by atoms with Crippen LogP contribution in [-0.2, 0) is 0 Å². The number of aliphatic imine (C=N–C) groups is 1. The Kier molecular flexibility index (Phi) is 4.85. The van der Waals surface area contributed by atoms with Crippen LogP contribution in [0.5, 0.6) is 0 Å². The first-order valence-corrected chi connectivity index (χ1v) is 13.6. The zero-order valence-electron chi connectivity index (χ0n) is 20.8. The summed E-state index contributed by atoms with van der Waals surface area (Å²) in [5.41, 5.74) is 8.70. The lowest BCUT2D eigenvalue weighted by atomic mass is 9.97. The van der Waals surface area contributed by atoms with Gasteiger partial charge in [0.1, 0.15) is 0 Å². The zero-order chi connectivity index (χ0) is 26.4. The number of hydrogen-bond donors (Lipinski definition) is 1. The third kappa shape index (κ3) is 3.55. The van der Waals surface area contributed by atoms with E-state index in [1.54, 1.807) is 23.0 Å². The Morgan fingerprint density at radius 1 is 1.05 bits per heavy atom. The summed E-state index contributed by atoms with van der Waals surface area (Å²) in [6, 6.07) is 15.6. The number of hydrogen-bond acceptors (Lipinski definition) is 5. The molecule has 5 heterocycles. The number of pyridine rings is 1. The van der Waals surface area contributed by atoms with Gasteiger partial charge < -0.3 is 4.57 Å². The number of nitrogens with zero attached hydrogens (tertiary/aromatic N) is 6. The summed E-state index contributed by atoms with van der Waals surface area (Å²) in [6.45, 7) is 2.02. The molecule has 0 amide bonds. The molecule has 0 radical (unpaired) electrons. The van der Waals surface area contributed by atoms with E-state index in [2.05, 4.69) is 44.8 Å². The van der Waals surface area contributed by atoms with E-state index in [4.69, 9.17) is 28.2 Å². The molecule has 0 saturated heterocycles. The summed E-state index contributed by atoms with van der Waals surface area (Å²) < 4.78 is 3.55. The van der Waals surface area contributed by atoms with Gasteiger partial charge >= 0.3 is 0 Å². The second-order valence-electron chi connectivity index (χ2n) is 10.5. The minimum atomic E-state index is -0.0354. The highest BCUT2D eigenvalue weighted by molar-refractivity contribution is 6.31. The predicted octanol–water partition coefficient (Wildman–Crippen LogP) is 6.13. The number of nitrogens with one attached hydrogen (secondary N) is 1.